The van der Waals surface area contributed by atoms with Crippen LogP contribution in [-0.4, -0.2) is 34.6 Å². The summed E-state index contributed by atoms with van der Waals surface area (Å²) in [4.78, 5) is 14.3. The zero-order valence-corrected chi connectivity index (χ0v) is 12.6. The molecule has 0 bridgehead atoms. The summed E-state index contributed by atoms with van der Waals surface area (Å²) in [6.45, 7) is 1.15. The quantitative estimate of drug-likeness (QED) is 0.784. The van der Waals surface area contributed by atoms with E-state index in [4.69, 9.17) is 0 Å². The summed E-state index contributed by atoms with van der Waals surface area (Å²) in [5.41, 5.74) is 0. The zero-order valence-electron chi connectivity index (χ0n) is 12.6. The minimum atomic E-state index is -0.546. The molecule has 2 aliphatic carbocycles. The highest BCUT2D eigenvalue weighted by Gasteiger charge is 2.41. The molecule has 3 nitrogen and oxygen atoms in total. The van der Waals surface area contributed by atoms with E-state index in [1.54, 1.807) is 0 Å². The van der Waals surface area contributed by atoms with E-state index in [0.717, 1.165) is 31.7 Å². The lowest BCUT2D eigenvalue weighted by molar-refractivity contribution is -0.146. The molecule has 3 rings (SSSR count). The third-order valence-electron chi connectivity index (χ3n) is 6.01. The molecule has 1 heterocycles. The van der Waals surface area contributed by atoms with Crippen LogP contribution in [-0.2, 0) is 4.79 Å². The summed E-state index contributed by atoms with van der Waals surface area (Å²) in [7, 11) is 0. The van der Waals surface area contributed by atoms with Gasteiger partial charge in [-0.15, -0.1) is 0 Å². The highest BCUT2D eigenvalue weighted by Crippen LogP contribution is 2.39. The van der Waals surface area contributed by atoms with Crippen molar-refractivity contribution in [1.82, 2.24) is 4.90 Å². The van der Waals surface area contributed by atoms with E-state index in [1.807, 2.05) is 0 Å². The van der Waals surface area contributed by atoms with Gasteiger partial charge in [0.2, 0.25) is 0 Å². The maximum Gasteiger partial charge on any atom is 0.308 e. The van der Waals surface area contributed by atoms with Gasteiger partial charge in [0.05, 0.1) is 5.92 Å². The first kappa shape index (κ1) is 14.4. The Balaban J connectivity index is 1.78. The average molecular weight is 279 g/mol. The second-order valence-corrected chi connectivity index (χ2v) is 7.14. The van der Waals surface area contributed by atoms with Gasteiger partial charge in [0.15, 0.2) is 0 Å². The lowest BCUT2D eigenvalue weighted by atomic mass is 9.76. The van der Waals surface area contributed by atoms with Crippen molar-refractivity contribution in [3.8, 4) is 0 Å². The standard InChI is InChI=1S/C17H29NO2/c19-17(20)14-9-2-1-3-11-16(14)18-12-6-8-13-7-4-5-10-15(13)18/h13-16H,1-12H2,(H,19,20)/t13-,14?,15-,16?/m1/s1. The van der Waals surface area contributed by atoms with Gasteiger partial charge in [0, 0.05) is 12.1 Å². The molecule has 114 valence electrons. The largest absolute Gasteiger partial charge is 0.481 e. The summed E-state index contributed by atoms with van der Waals surface area (Å²) in [6, 6.07) is 1.02. The number of aliphatic carboxylic acids is 1. The topological polar surface area (TPSA) is 40.5 Å². The second-order valence-electron chi connectivity index (χ2n) is 7.14. The van der Waals surface area contributed by atoms with Crippen LogP contribution < -0.4 is 0 Å². The molecule has 0 aromatic rings. The molecule has 0 radical (unpaired) electrons. The first-order valence-corrected chi connectivity index (χ1v) is 8.76. The lowest BCUT2D eigenvalue weighted by Crippen LogP contribution is -2.54. The third kappa shape index (κ3) is 2.88. The van der Waals surface area contributed by atoms with Crippen LogP contribution in [0.15, 0.2) is 0 Å². The minimum Gasteiger partial charge on any atom is -0.481 e. The Kier molecular flexibility index (Phi) is 4.65. The van der Waals surface area contributed by atoms with Crippen molar-refractivity contribution in [2.24, 2.45) is 11.8 Å². The van der Waals surface area contributed by atoms with Gasteiger partial charge in [-0.2, -0.15) is 0 Å². The fraction of sp³-hybridized carbons (Fsp3) is 0.941. The van der Waals surface area contributed by atoms with Crippen LogP contribution in [0.2, 0.25) is 0 Å². The molecule has 1 N–H and O–H groups in total. The smallest absolute Gasteiger partial charge is 0.308 e. The Labute approximate surface area is 122 Å². The number of rotatable bonds is 2. The van der Waals surface area contributed by atoms with Gasteiger partial charge in [0.25, 0.3) is 0 Å². The summed E-state index contributed by atoms with van der Waals surface area (Å²) >= 11 is 0. The Morgan fingerprint density at radius 2 is 1.45 bits per heavy atom. The van der Waals surface area contributed by atoms with Gasteiger partial charge in [-0.25, -0.2) is 0 Å². The predicted octanol–water partition coefficient (Wildman–Crippen LogP) is 3.67. The molecule has 0 amide bonds. The minimum absolute atomic E-state index is 0.113. The first-order chi connectivity index (χ1) is 9.77. The van der Waals surface area contributed by atoms with Gasteiger partial charge in [-0.1, -0.05) is 32.1 Å². The molecule has 0 aromatic heterocycles. The molecule has 3 aliphatic rings. The SMILES string of the molecule is O=C(O)C1CCCCCC1N1CCC[C@H]2CCCC[C@H]21. The van der Waals surface area contributed by atoms with Crippen LogP contribution in [0.25, 0.3) is 0 Å². The highest BCUT2D eigenvalue weighted by atomic mass is 16.4. The molecule has 0 aromatic carbocycles. The van der Waals surface area contributed by atoms with E-state index in [9.17, 15) is 9.90 Å². The number of likely N-dealkylation sites (tertiary alicyclic amines) is 1. The molecular formula is C17H29NO2. The molecule has 2 unspecified atom stereocenters. The van der Waals surface area contributed by atoms with Crippen molar-refractivity contribution in [3.63, 3.8) is 0 Å². The van der Waals surface area contributed by atoms with E-state index in [0.29, 0.717) is 12.1 Å². The van der Waals surface area contributed by atoms with Gasteiger partial charge >= 0.3 is 5.97 Å². The van der Waals surface area contributed by atoms with Crippen molar-refractivity contribution in [1.29, 1.82) is 0 Å². The highest BCUT2D eigenvalue weighted by molar-refractivity contribution is 5.71. The summed E-state index contributed by atoms with van der Waals surface area (Å²) in [5.74, 6) is 0.197. The van der Waals surface area contributed by atoms with Gasteiger partial charge in [-0.05, 0) is 51.0 Å². The van der Waals surface area contributed by atoms with E-state index < -0.39 is 5.97 Å². The number of carboxylic acid groups (broad SMARTS) is 1. The van der Waals surface area contributed by atoms with Crippen LogP contribution in [0, 0.1) is 11.8 Å². The molecule has 4 atom stereocenters. The fourth-order valence-corrected chi connectivity index (χ4v) is 5.05. The molecule has 20 heavy (non-hydrogen) atoms. The Morgan fingerprint density at radius 3 is 2.30 bits per heavy atom. The molecule has 1 saturated heterocycles. The third-order valence-corrected chi connectivity index (χ3v) is 6.01. The van der Waals surface area contributed by atoms with Crippen molar-refractivity contribution in [2.45, 2.75) is 82.7 Å². The Hall–Kier alpha value is -0.570. The molecule has 3 heteroatoms. The number of fused-ring (bicyclic) bond motifs is 1. The van der Waals surface area contributed by atoms with E-state index in [-0.39, 0.29) is 5.92 Å². The maximum absolute atomic E-state index is 11.7. The van der Waals surface area contributed by atoms with Crippen LogP contribution in [0.1, 0.15) is 70.6 Å². The summed E-state index contributed by atoms with van der Waals surface area (Å²) < 4.78 is 0. The predicted molar refractivity (Wildman–Crippen MR) is 79.7 cm³/mol. The zero-order chi connectivity index (χ0) is 13.9. The monoisotopic (exact) mass is 279 g/mol. The number of carbonyl (C=O) groups is 1. The molecule has 3 fully saturated rings. The van der Waals surface area contributed by atoms with Gasteiger partial charge in [-0.3, -0.25) is 9.69 Å². The van der Waals surface area contributed by atoms with Crippen molar-refractivity contribution in [3.05, 3.63) is 0 Å². The first-order valence-electron chi connectivity index (χ1n) is 8.76. The molecule has 1 aliphatic heterocycles. The fourth-order valence-electron chi connectivity index (χ4n) is 5.05. The maximum atomic E-state index is 11.7. The average Bonchev–Trinajstić information content (AvgIpc) is 2.72. The van der Waals surface area contributed by atoms with Crippen LogP contribution in [0.3, 0.4) is 0 Å². The van der Waals surface area contributed by atoms with Crippen LogP contribution >= 0.6 is 0 Å². The molecule has 0 spiro atoms. The lowest BCUT2D eigenvalue weighted by Gasteiger charge is -2.49. The number of piperidine rings is 1. The Bertz CT molecular complexity index is 342. The van der Waals surface area contributed by atoms with E-state index in [2.05, 4.69) is 4.90 Å². The summed E-state index contributed by atoms with van der Waals surface area (Å²) in [5, 5.41) is 9.63. The molecule has 2 saturated carbocycles. The number of hydrogen-bond donors (Lipinski definition) is 1. The number of nitrogens with zero attached hydrogens (tertiary/aromatic N) is 1. The van der Waals surface area contributed by atoms with Gasteiger partial charge < -0.3 is 5.11 Å². The van der Waals surface area contributed by atoms with Crippen LogP contribution in [0.4, 0.5) is 0 Å². The van der Waals surface area contributed by atoms with Crippen molar-refractivity contribution < 1.29 is 9.90 Å². The normalized spacial score (nSPS) is 39.8. The van der Waals surface area contributed by atoms with E-state index >= 15 is 0 Å². The van der Waals surface area contributed by atoms with Crippen molar-refractivity contribution >= 4 is 5.97 Å². The number of carboxylic acids is 1. The number of hydrogen-bond acceptors (Lipinski definition) is 2. The van der Waals surface area contributed by atoms with Gasteiger partial charge in [0.1, 0.15) is 0 Å². The second kappa shape index (κ2) is 6.46. The summed E-state index contributed by atoms with van der Waals surface area (Å²) in [6.07, 6.45) is 13.7. The Morgan fingerprint density at radius 1 is 0.800 bits per heavy atom. The van der Waals surface area contributed by atoms with Crippen LogP contribution in [0.5, 0.6) is 0 Å². The van der Waals surface area contributed by atoms with Crippen molar-refractivity contribution in [2.75, 3.05) is 6.54 Å². The van der Waals surface area contributed by atoms with E-state index in [1.165, 1.54) is 51.4 Å². The molecular weight excluding hydrogens is 250 g/mol.